The number of aromatic nitrogens is 2. The maximum absolute atomic E-state index is 12.0. The van der Waals surface area contributed by atoms with Crippen LogP contribution < -0.4 is 4.72 Å². The van der Waals surface area contributed by atoms with E-state index in [1.165, 1.54) is 6.20 Å². The Bertz CT molecular complexity index is 614. The summed E-state index contributed by atoms with van der Waals surface area (Å²) in [5.41, 5.74) is -0.762. The Morgan fingerprint density at radius 3 is 2.58 bits per heavy atom. The molecule has 2 saturated carbocycles. The molecule has 0 atom stereocenters. The van der Waals surface area contributed by atoms with E-state index in [0.717, 1.165) is 6.42 Å². The second-order valence-corrected chi connectivity index (χ2v) is 7.19. The zero-order chi connectivity index (χ0) is 13.7. The first-order valence-corrected chi connectivity index (χ1v) is 7.79. The van der Waals surface area contributed by atoms with Gasteiger partial charge in [-0.1, -0.05) is 0 Å². The molecule has 2 aliphatic rings. The summed E-state index contributed by atoms with van der Waals surface area (Å²) >= 11 is 0. The number of hydrogen-bond donors (Lipinski definition) is 3. The lowest BCUT2D eigenvalue weighted by Crippen LogP contribution is -2.52. The highest BCUT2D eigenvalue weighted by atomic mass is 32.2. The van der Waals surface area contributed by atoms with Gasteiger partial charge in [-0.05, 0) is 32.1 Å². The molecule has 0 amide bonds. The number of aromatic amines is 1. The van der Waals surface area contributed by atoms with E-state index in [9.17, 15) is 13.2 Å². The van der Waals surface area contributed by atoms with Gasteiger partial charge in [0.1, 0.15) is 11.5 Å². The van der Waals surface area contributed by atoms with E-state index in [1.807, 2.05) is 0 Å². The number of H-pyrrole nitrogens is 1. The largest absolute Gasteiger partial charge is 0.477 e. The molecule has 0 spiro atoms. The van der Waals surface area contributed by atoms with Crippen molar-refractivity contribution in [1.82, 2.24) is 14.7 Å². The van der Waals surface area contributed by atoms with Crippen LogP contribution in [0.1, 0.15) is 48.4 Å². The lowest BCUT2D eigenvalue weighted by atomic mass is 9.77. The number of hydrogen-bond acceptors (Lipinski definition) is 4. The van der Waals surface area contributed by atoms with E-state index in [4.69, 9.17) is 5.11 Å². The van der Waals surface area contributed by atoms with Crippen molar-refractivity contribution in [2.75, 3.05) is 0 Å². The summed E-state index contributed by atoms with van der Waals surface area (Å²) in [6.45, 7) is 0. The van der Waals surface area contributed by atoms with Gasteiger partial charge in [0.15, 0.2) is 0 Å². The minimum Gasteiger partial charge on any atom is -0.477 e. The summed E-state index contributed by atoms with van der Waals surface area (Å²) in [4.78, 5) is 17.6. The van der Waals surface area contributed by atoms with Gasteiger partial charge in [-0.25, -0.2) is 22.9 Å². The number of carboxylic acids is 1. The van der Waals surface area contributed by atoms with Crippen molar-refractivity contribution in [3.05, 3.63) is 17.7 Å². The van der Waals surface area contributed by atoms with E-state index in [1.54, 1.807) is 0 Å². The van der Waals surface area contributed by atoms with Crippen LogP contribution in [0, 0.1) is 0 Å². The quantitative estimate of drug-likeness (QED) is 0.732. The van der Waals surface area contributed by atoms with Gasteiger partial charge < -0.3 is 10.1 Å². The van der Waals surface area contributed by atoms with Crippen molar-refractivity contribution in [2.24, 2.45) is 0 Å². The SMILES string of the molecule is O=C(O)c1cnc(C2(NS(=O)(=O)C3CC3)CCC2)[nH]1. The Labute approximate surface area is 110 Å². The Balaban J connectivity index is 1.87. The third kappa shape index (κ3) is 2.14. The van der Waals surface area contributed by atoms with Crippen molar-refractivity contribution in [3.63, 3.8) is 0 Å². The first-order valence-electron chi connectivity index (χ1n) is 6.24. The normalized spacial score (nSPS) is 21.9. The van der Waals surface area contributed by atoms with Crippen molar-refractivity contribution in [1.29, 1.82) is 0 Å². The Kier molecular flexibility index (Phi) is 2.68. The Hall–Kier alpha value is -1.41. The Morgan fingerprint density at radius 1 is 1.47 bits per heavy atom. The topological polar surface area (TPSA) is 112 Å². The van der Waals surface area contributed by atoms with Crippen LogP contribution in [0.5, 0.6) is 0 Å². The maximum atomic E-state index is 12.0. The molecular formula is C11H15N3O4S. The molecule has 104 valence electrons. The maximum Gasteiger partial charge on any atom is 0.353 e. The molecule has 3 rings (SSSR count). The Morgan fingerprint density at radius 2 is 2.16 bits per heavy atom. The third-order valence-corrected chi connectivity index (χ3v) is 5.79. The fourth-order valence-electron chi connectivity index (χ4n) is 2.32. The molecule has 0 radical (unpaired) electrons. The van der Waals surface area contributed by atoms with Gasteiger partial charge in [0.25, 0.3) is 0 Å². The molecule has 0 saturated heterocycles. The second kappa shape index (κ2) is 4.04. The first kappa shape index (κ1) is 12.6. The molecular weight excluding hydrogens is 270 g/mol. The van der Waals surface area contributed by atoms with Crippen LogP contribution in [-0.2, 0) is 15.6 Å². The number of nitrogens with zero attached hydrogens (tertiary/aromatic N) is 1. The zero-order valence-corrected chi connectivity index (χ0v) is 11.0. The lowest BCUT2D eigenvalue weighted by Gasteiger charge is -2.40. The lowest BCUT2D eigenvalue weighted by molar-refractivity contribution is 0.0690. The molecule has 0 bridgehead atoms. The molecule has 1 heterocycles. The highest BCUT2D eigenvalue weighted by molar-refractivity contribution is 7.90. The summed E-state index contributed by atoms with van der Waals surface area (Å²) in [6, 6.07) is 0. The second-order valence-electron chi connectivity index (χ2n) is 5.23. The zero-order valence-electron chi connectivity index (χ0n) is 10.2. The predicted octanol–water partition coefficient (Wildman–Crippen LogP) is 0.569. The van der Waals surface area contributed by atoms with Gasteiger partial charge in [0.05, 0.1) is 17.0 Å². The van der Waals surface area contributed by atoms with Gasteiger partial charge in [-0.3, -0.25) is 0 Å². The summed E-state index contributed by atoms with van der Waals surface area (Å²) in [5.74, 6) is -0.696. The first-order chi connectivity index (χ1) is 8.93. The van der Waals surface area contributed by atoms with Gasteiger partial charge in [-0.2, -0.15) is 0 Å². The number of aromatic carboxylic acids is 1. The fourth-order valence-corrected chi connectivity index (χ4v) is 4.09. The number of sulfonamides is 1. The summed E-state index contributed by atoms with van der Waals surface area (Å²) in [7, 11) is -3.32. The monoisotopic (exact) mass is 285 g/mol. The molecule has 2 aliphatic carbocycles. The van der Waals surface area contributed by atoms with Crippen LogP contribution >= 0.6 is 0 Å². The van der Waals surface area contributed by atoms with Crippen molar-refractivity contribution in [2.45, 2.75) is 42.9 Å². The molecule has 3 N–H and O–H groups in total. The molecule has 0 aromatic carbocycles. The number of carboxylic acid groups (broad SMARTS) is 1. The minimum absolute atomic E-state index is 0.0214. The van der Waals surface area contributed by atoms with Crippen molar-refractivity contribution in [3.8, 4) is 0 Å². The van der Waals surface area contributed by atoms with E-state index in [2.05, 4.69) is 14.7 Å². The highest BCUT2D eigenvalue weighted by Crippen LogP contribution is 2.42. The smallest absolute Gasteiger partial charge is 0.353 e. The molecule has 7 nitrogen and oxygen atoms in total. The summed E-state index contributed by atoms with van der Waals surface area (Å²) in [6.07, 6.45) is 4.81. The summed E-state index contributed by atoms with van der Waals surface area (Å²) in [5, 5.41) is 8.58. The fraction of sp³-hybridized carbons (Fsp3) is 0.636. The average Bonchev–Trinajstić information content (AvgIpc) is 3.03. The number of imidazole rings is 1. The van der Waals surface area contributed by atoms with Crippen LogP contribution in [0.25, 0.3) is 0 Å². The van der Waals surface area contributed by atoms with Crippen LogP contribution in [-0.4, -0.2) is 34.7 Å². The van der Waals surface area contributed by atoms with Gasteiger partial charge >= 0.3 is 5.97 Å². The van der Waals surface area contributed by atoms with E-state index in [0.29, 0.717) is 31.5 Å². The van der Waals surface area contributed by atoms with E-state index < -0.39 is 21.5 Å². The molecule has 1 aromatic heterocycles. The molecule has 0 aliphatic heterocycles. The van der Waals surface area contributed by atoms with Crippen molar-refractivity contribution < 1.29 is 18.3 Å². The average molecular weight is 285 g/mol. The predicted molar refractivity (Wildman–Crippen MR) is 66.2 cm³/mol. The molecule has 2 fully saturated rings. The molecule has 0 unspecified atom stereocenters. The van der Waals surface area contributed by atoms with Crippen LogP contribution in [0.15, 0.2) is 6.20 Å². The standard InChI is InChI=1S/C11H15N3O4S/c15-9(16)8-6-12-10(13-8)11(4-1-5-11)14-19(17,18)7-2-3-7/h6-7,14H,1-5H2,(H,12,13)(H,15,16). The van der Waals surface area contributed by atoms with Crippen LogP contribution in [0.3, 0.4) is 0 Å². The number of nitrogens with one attached hydrogen (secondary N) is 2. The third-order valence-electron chi connectivity index (χ3n) is 3.77. The molecule has 19 heavy (non-hydrogen) atoms. The van der Waals surface area contributed by atoms with Gasteiger partial charge in [0.2, 0.25) is 10.0 Å². The minimum atomic E-state index is -3.32. The van der Waals surface area contributed by atoms with Gasteiger partial charge in [-0.15, -0.1) is 0 Å². The summed E-state index contributed by atoms with van der Waals surface area (Å²) < 4.78 is 26.8. The van der Waals surface area contributed by atoms with Crippen LogP contribution in [0.2, 0.25) is 0 Å². The van der Waals surface area contributed by atoms with Crippen LogP contribution in [0.4, 0.5) is 0 Å². The highest BCUT2D eigenvalue weighted by Gasteiger charge is 2.48. The van der Waals surface area contributed by atoms with Crippen molar-refractivity contribution >= 4 is 16.0 Å². The number of rotatable bonds is 5. The molecule has 1 aromatic rings. The van der Waals surface area contributed by atoms with Gasteiger partial charge in [0, 0.05) is 0 Å². The van der Waals surface area contributed by atoms with E-state index in [-0.39, 0.29) is 10.9 Å². The molecule has 8 heteroatoms. The van der Waals surface area contributed by atoms with E-state index >= 15 is 0 Å². The number of carbonyl (C=O) groups is 1.